The zero-order valence-electron chi connectivity index (χ0n) is 59.9. The topological polar surface area (TPSA) is 212 Å². The number of Topliss-reactive ketones (excluding diaryl/α,β-unsaturated/α-hetero) is 2. The zero-order valence-corrected chi connectivity index (χ0v) is 59.9. The number of amides is 3. The summed E-state index contributed by atoms with van der Waals surface area (Å²) in [5.41, 5.74) is 0. The molecule has 0 aromatic rings. The van der Waals surface area contributed by atoms with Crippen LogP contribution in [-0.4, -0.2) is 123 Å². The molecule has 0 aliphatic rings. The Kier molecular flexibility index (Phi) is 74.4. The predicted molar refractivity (Wildman–Crippen MR) is 346 cm³/mol. The van der Waals surface area contributed by atoms with Gasteiger partial charge in [0, 0.05) is 30.2 Å². The summed E-state index contributed by atoms with van der Waals surface area (Å²) in [6, 6.07) is 0.145. The van der Waals surface area contributed by atoms with Crippen molar-refractivity contribution in [3.8, 4) is 0 Å². The minimum Gasteiger partial charge on any atom is -0.447 e. The van der Waals surface area contributed by atoms with Crippen LogP contribution in [0.3, 0.4) is 0 Å². The van der Waals surface area contributed by atoms with Crippen LogP contribution in [0.2, 0.25) is 0 Å². The van der Waals surface area contributed by atoms with Crippen molar-refractivity contribution in [2.75, 3.05) is 26.5 Å². The van der Waals surface area contributed by atoms with Gasteiger partial charge in [0.1, 0.15) is 12.4 Å². The highest BCUT2D eigenvalue weighted by atomic mass is 16.7. The highest BCUT2D eigenvalue weighted by Crippen LogP contribution is 2.13. The summed E-state index contributed by atoms with van der Waals surface area (Å²) in [7, 11) is 0. The number of rotatable bonds is 30. The molecule has 83 heavy (non-hydrogen) atoms. The van der Waals surface area contributed by atoms with E-state index in [-0.39, 0.29) is 85.4 Å². The number of alkyl carbamates (subject to hydrolysis) is 2. The van der Waals surface area contributed by atoms with Crippen molar-refractivity contribution in [1.29, 1.82) is 0 Å². The molecule has 0 aromatic carbocycles. The minimum atomic E-state index is -0.593. The average molecular weight is 1200 g/mol. The number of unbranched alkanes of at least 4 members (excludes halogenated alkanes) is 4. The van der Waals surface area contributed by atoms with Crippen molar-refractivity contribution in [1.82, 2.24) is 16.0 Å². The maximum atomic E-state index is 11.0. The van der Waals surface area contributed by atoms with E-state index in [0.717, 1.165) is 18.3 Å². The monoisotopic (exact) mass is 1200 g/mol. The van der Waals surface area contributed by atoms with Gasteiger partial charge in [-0.25, -0.2) is 14.4 Å². The molecular formula is C66H139N3O14. The van der Waals surface area contributed by atoms with Crippen LogP contribution in [0.25, 0.3) is 0 Å². The normalized spacial score (nSPS) is 10.8. The van der Waals surface area contributed by atoms with Crippen LogP contribution in [0.15, 0.2) is 0 Å². The molecule has 0 atom stereocenters. The third-order valence-corrected chi connectivity index (χ3v) is 9.32. The van der Waals surface area contributed by atoms with E-state index in [0.29, 0.717) is 49.3 Å². The van der Waals surface area contributed by atoms with Crippen LogP contribution in [0.1, 0.15) is 273 Å². The molecule has 0 aliphatic carbocycles. The van der Waals surface area contributed by atoms with E-state index in [1.165, 1.54) is 44.9 Å². The van der Waals surface area contributed by atoms with E-state index in [1.807, 2.05) is 125 Å². The van der Waals surface area contributed by atoms with Crippen molar-refractivity contribution in [3.63, 3.8) is 0 Å². The maximum Gasteiger partial charge on any atom is 0.508 e. The van der Waals surface area contributed by atoms with Crippen LogP contribution >= 0.6 is 0 Å². The molecule has 0 fully saturated rings. The maximum absolute atomic E-state index is 11.0. The van der Waals surface area contributed by atoms with Gasteiger partial charge in [-0.1, -0.05) is 128 Å². The van der Waals surface area contributed by atoms with Gasteiger partial charge in [-0.3, -0.25) is 14.4 Å². The molecule has 0 radical (unpaired) electrons. The predicted octanol–water partition coefficient (Wildman–Crippen LogP) is 16.9. The van der Waals surface area contributed by atoms with Gasteiger partial charge in [0.15, 0.2) is 5.78 Å². The van der Waals surface area contributed by atoms with Crippen molar-refractivity contribution < 1.29 is 66.7 Å². The Morgan fingerprint density at radius 3 is 0.940 bits per heavy atom. The fourth-order valence-electron chi connectivity index (χ4n) is 5.36. The molecule has 0 rings (SSSR count). The first kappa shape index (κ1) is 95.8. The van der Waals surface area contributed by atoms with Gasteiger partial charge >= 0.3 is 18.3 Å². The first-order valence-electron chi connectivity index (χ1n) is 31.5. The highest BCUT2D eigenvalue weighted by molar-refractivity contribution is 5.81. The summed E-state index contributed by atoms with van der Waals surface area (Å²) < 4.78 is 39.9. The lowest BCUT2D eigenvalue weighted by Crippen LogP contribution is -2.39. The average Bonchev–Trinajstić information content (AvgIpc) is 3.28. The number of ketones is 2. The van der Waals surface area contributed by atoms with Crippen molar-refractivity contribution >= 4 is 35.8 Å². The fourth-order valence-corrected chi connectivity index (χ4v) is 5.36. The van der Waals surface area contributed by atoms with Gasteiger partial charge in [0.05, 0.1) is 74.8 Å². The number of hydrogen-bond donors (Lipinski definition) is 3. The van der Waals surface area contributed by atoms with Crippen LogP contribution in [0.5, 0.6) is 0 Å². The Bertz CT molecular complexity index is 1380. The molecule has 0 spiro atoms. The Labute approximate surface area is 512 Å². The van der Waals surface area contributed by atoms with E-state index in [1.54, 1.807) is 55.4 Å². The van der Waals surface area contributed by atoms with Crippen LogP contribution in [0.4, 0.5) is 14.4 Å². The molecule has 0 aliphatic heterocycles. The Balaban J connectivity index is -0.000000130. The molecular weight excluding hydrogens is 1060 g/mol. The van der Waals surface area contributed by atoms with Gasteiger partial charge in [-0.05, 0) is 156 Å². The SMILES string of the molecule is CC(C)CC(=O)C(C)C.CC(C)CCCCCCCC(C)C.CC(C)NC(=O)OC(C)C.CC(C)OC(=O)NCNC(=O)C(C)C.CC(C)OC(=O)OC(C)C.CC(C)OC(C)C.CC(C)OCC(=O)C(C)C.CC(C)OCCOC(C)C. The van der Waals surface area contributed by atoms with Gasteiger partial charge in [0.25, 0.3) is 0 Å². The van der Waals surface area contributed by atoms with Crippen LogP contribution in [-0.2, 0) is 52.3 Å². The third-order valence-electron chi connectivity index (χ3n) is 9.32. The van der Waals surface area contributed by atoms with Gasteiger partial charge in [-0.15, -0.1) is 0 Å². The molecule has 3 amide bonds. The quantitative estimate of drug-likeness (QED) is 0.0264. The fraction of sp³-hybridized carbons (Fsp3) is 0.909. The molecule has 502 valence electrons. The third kappa shape index (κ3) is 110. The zero-order chi connectivity index (χ0) is 67.0. The lowest BCUT2D eigenvalue weighted by molar-refractivity contribution is -0.128. The van der Waals surface area contributed by atoms with Crippen molar-refractivity contribution in [2.45, 2.75) is 334 Å². The lowest BCUT2D eigenvalue weighted by atomic mass is 9.99. The number of ether oxygens (including phenoxy) is 8. The first-order valence-corrected chi connectivity index (χ1v) is 31.5. The number of carbonyl (C=O) groups excluding carboxylic acids is 6. The second-order valence-electron chi connectivity index (χ2n) is 25.2. The van der Waals surface area contributed by atoms with E-state index < -0.39 is 12.2 Å². The second-order valence-corrected chi connectivity index (χ2v) is 25.2. The van der Waals surface area contributed by atoms with Gasteiger partial charge in [-0.2, -0.15) is 0 Å². The smallest absolute Gasteiger partial charge is 0.447 e. The highest BCUT2D eigenvalue weighted by Gasteiger charge is 2.11. The summed E-state index contributed by atoms with van der Waals surface area (Å²) in [5, 5.41) is 7.55. The summed E-state index contributed by atoms with van der Waals surface area (Å²) in [6.45, 7) is 64.6. The summed E-state index contributed by atoms with van der Waals surface area (Å²) >= 11 is 0. The minimum absolute atomic E-state index is 0.0428. The Morgan fingerprint density at radius 2 is 0.687 bits per heavy atom. The summed E-state index contributed by atoms with van der Waals surface area (Å²) in [4.78, 5) is 65.2. The summed E-state index contributed by atoms with van der Waals surface area (Å²) in [6.07, 6.45) is 10.5. The number of nitrogens with one attached hydrogen (secondary N) is 3. The van der Waals surface area contributed by atoms with E-state index in [9.17, 15) is 28.8 Å². The molecule has 0 unspecified atom stereocenters. The summed E-state index contributed by atoms with van der Waals surface area (Å²) in [5.74, 6) is 2.99. The number of carbonyl (C=O) groups is 6. The Morgan fingerprint density at radius 1 is 0.337 bits per heavy atom. The van der Waals surface area contributed by atoms with Crippen molar-refractivity contribution in [3.05, 3.63) is 0 Å². The standard InChI is InChI=1S/C13H28.C9H18N2O3.C8H18O2.C8H16O2.C8H16O.C7H15NO2.C7H14O3.C6H14O/c1-12(2)10-8-6-5-7-9-11-13(3)4;1-6(2)8(12)10-5-11-9(13)14-7(3)4;1-7(2)9-5-6-10-8(3)4;1-6(2)8(9)5-10-7(3)4;1-6(2)5-8(9)7(3)4;1-5(2)8-7(9)10-6(3)4;1-5(2)9-7(8)10-6(3)4;1-5(2)7-6(3)4/h12-13H,5-11H2,1-4H3;6-7H,5H2,1-4H3,(H,10,12)(H,11,13);7-8H,5-6H2,1-4H3;6-7H,5H2,1-4H3;6-7H,5H2,1-4H3;5-6H,1-4H3,(H,8,9);5-6H,1-4H3;5-6H,1-4H3. The largest absolute Gasteiger partial charge is 0.508 e. The Hall–Kier alpha value is -3.54. The molecule has 0 bridgehead atoms. The van der Waals surface area contributed by atoms with Gasteiger partial charge in [0.2, 0.25) is 5.91 Å². The molecule has 0 saturated carbocycles. The molecule has 0 saturated heterocycles. The van der Waals surface area contributed by atoms with Crippen molar-refractivity contribution in [2.24, 2.45) is 35.5 Å². The van der Waals surface area contributed by atoms with Gasteiger partial charge < -0.3 is 53.8 Å². The molecule has 0 heterocycles. The van der Waals surface area contributed by atoms with E-state index in [2.05, 4.69) is 57.5 Å². The first-order chi connectivity index (χ1) is 37.9. The molecule has 0 aromatic heterocycles. The molecule has 3 N–H and O–H groups in total. The number of hydrogen-bond acceptors (Lipinski definition) is 14. The van der Waals surface area contributed by atoms with Crippen LogP contribution in [0, 0.1) is 35.5 Å². The second kappa shape index (κ2) is 64.5. The van der Waals surface area contributed by atoms with E-state index >= 15 is 0 Å². The molecule has 17 nitrogen and oxygen atoms in total. The molecule has 17 heteroatoms. The van der Waals surface area contributed by atoms with Crippen LogP contribution < -0.4 is 16.0 Å². The lowest BCUT2D eigenvalue weighted by Gasteiger charge is -2.11. The van der Waals surface area contributed by atoms with E-state index in [4.69, 9.17) is 37.9 Å².